The van der Waals surface area contributed by atoms with Crippen molar-refractivity contribution in [3.05, 3.63) is 23.8 Å². The maximum atomic E-state index is 14.9. The van der Waals surface area contributed by atoms with Crippen LogP contribution in [0.1, 0.15) is 32.3 Å². The molecule has 106 valence electrons. The van der Waals surface area contributed by atoms with Gasteiger partial charge in [-0.05, 0) is 57.5 Å². The van der Waals surface area contributed by atoms with Crippen molar-refractivity contribution in [2.24, 2.45) is 0 Å². The monoisotopic (exact) mass is 267 g/mol. The average molecular weight is 267 g/mol. The number of alkyl halides is 1. The molecule has 0 spiro atoms. The number of halogens is 1. The highest BCUT2D eigenvalue weighted by Crippen LogP contribution is 2.39. The molecule has 1 N–H and O–H groups in total. The van der Waals surface area contributed by atoms with Crippen LogP contribution < -0.4 is 14.8 Å². The maximum absolute atomic E-state index is 14.9. The summed E-state index contributed by atoms with van der Waals surface area (Å²) in [7, 11) is 0. The fourth-order valence-electron chi connectivity index (χ4n) is 2.44. The fourth-order valence-corrected chi connectivity index (χ4v) is 2.44. The number of rotatable bonds is 5. The molecule has 0 atom stereocenters. The van der Waals surface area contributed by atoms with Gasteiger partial charge in [0, 0.05) is 0 Å². The van der Waals surface area contributed by atoms with Crippen LogP contribution in [0.5, 0.6) is 11.5 Å². The topological polar surface area (TPSA) is 30.5 Å². The Morgan fingerprint density at radius 1 is 1.11 bits per heavy atom. The lowest BCUT2D eigenvalue weighted by atomic mass is 9.87. The van der Waals surface area contributed by atoms with E-state index in [2.05, 4.69) is 5.32 Å². The number of nitrogens with one attached hydrogen (secondary N) is 1. The normalized spacial score (nSPS) is 18.1. The van der Waals surface area contributed by atoms with Gasteiger partial charge in [0.2, 0.25) is 0 Å². The lowest BCUT2D eigenvalue weighted by Gasteiger charge is -2.31. The van der Waals surface area contributed by atoms with Crippen LogP contribution in [0, 0.1) is 0 Å². The summed E-state index contributed by atoms with van der Waals surface area (Å²) in [6, 6.07) is 5.42. The summed E-state index contributed by atoms with van der Waals surface area (Å²) in [4.78, 5) is 0. The highest BCUT2D eigenvalue weighted by atomic mass is 19.1. The Morgan fingerprint density at radius 3 is 2.37 bits per heavy atom. The van der Waals surface area contributed by atoms with Gasteiger partial charge < -0.3 is 14.8 Å². The summed E-state index contributed by atoms with van der Waals surface area (Å²) in [5.74, 6) is 1.32. The molecule has 0 aromatic heterocycles. The molecule has 1 fully saturated rings. The van der Waals surface area contributed by atoms with Crippen LogP contribution in [0.3, 0.4) is 0 Å². The molecule has 1 saturated heterocycles. The largest absolute Gasteiger partial charge is 0.490 e. The SMILES string of the molecule is CCOc1ccc(C2(F)CCNCC2)cc1OCC. The van der Waals surface area contributed by atoms with Crippen molar-refractivity contribution in [1.82, 2.24) is 5.32 Å². The number of benzene rings is 1. The van der Waals surface area contributed by atoms with E-state index in [-0.39, 0.29) is 0 Å². The second-order valence-electron chi connectivity index (χ2n) is 4.74. The first-order chi connectivity index (χ1) is 9.19. The van der Waals surface area contributed by atoms with Gasteiger partial charge in [-0.1, -0.05) is 6.07 Å². The Balaban J connectivity index is 2.28. The Hall–Kier alpha value is -1.29. The van der Waals surface area contributed by atoms with Crippen LogP contribution in [0.15, 0.2) is 18.2 Å². The molecule has 1 aromatic carbocycles. The second-order valence-corrected chi connectivity index (χ2v) is 4.74. The Labute approximate surface area is 114 Å². The molecule has 0 saturated carbocycles. The molecule has 3 nitrogen and oxygen atoms in total. The van der Waals surface area contributed by atoms with Crippen molar-refractivity contribution in [2.45, 2.75) is 32.4 Å². The predicted molar refractivity (Wildman–Crippen MR) is 73.7 cm³/mol. The summed E-state index contributed by atoms with van der Waals surface area (Å²) in [6.45, 7) is 6.39. The van der Waals surface area contributed by atoms with Gasteiger partial charge in [0.15, 0.2) is 11.5 Å². The van der Waals surface area contributed by atoms with Gasteiger partial charge in [-0.25, -0.2) is 4.39 Å². The first kappa shape index (κ1) is 14.1. The third-order valence-corrected chi connectivity index (χ3v) is 3.46. The van der Waals surface area contributed by atoms with Gasteiger partial charge >= 0.3 is 0 Å². The zero-order chi connectivity index (χ0) is 13.7. The highest BCUT2D eigenvalue weighted by Gasteiger charge is 2.34. The third-order valence-electron chi connectivity index (χ3n) is 3.46. The van der Waals surface area contributed by atoms with Crippen LogP contribution in [0.2, 0.25) is 0 Å². The molecule has 1 aliphatic heterocycles. The number of piperidine rings is 1. The molecular formula is C15H22FNO2. The Bertz CT molecular complexity index is 417. The van der Waals surface area contributed by atoms with E-state index < -0.39 is 5.67 Å². The molecule has 1 heterocycles. The van der Waals surface area contributed by atoms with E-state index in [0.29, 0.717) is 56.2 Å². The first-order valence-corrected chi connectivity index (χ1v) is 6.99. The lowest BCUT2D eigenvalue weighted by molar-refractivity contribution is 0.114. The maximum Gasteiger partial charge on any atom is 0.161 e. The fraction of sp³-hybridized carbons (Fsp3) is 0.600. The minimum absolute atomic E-state index is 0.506. The summed E-state index contributed by atoms with van der Waals surface area (Å²) in [5, 5.41) is 3.19. The van der Waals surface area contributed by atoms with Crippen molar-refractivity contribution in [3.8, 4) is 11.5 Å². The zero-order valence-corrected chi connectivity index (χ0v) is 11.7. The molecule has 0 bridgehead atoms. The van der Waals surface area contributed by atoms with Gasteiger partial charge in [0.1, 0.15) is 5.67 Å². The molecule has 2 rings (SSSR count). The van der Waals surface area contributed by atoms with Crippen LogP contribution in [0.25, 0.3) is 0 Å². The molecule has 19 heavy (non-hydrogen) atoms. The van der Waals surface area contributed by atoms with Crippen molar-refractivity contribution >= 4 is 0 Å². The van der Waals surface area contributed by atoms with Crippen LogP contribution in [-0.2, 0) is 5.67 Å². The van der Waals surface area contributed by atoms with Gasteiger partial charge in [0.25, 0.3) is 0 Å². The number of ether oxygens (including phenoxy) is 2. The van der Waals surface area contributed by atoms with E-state index in [1.807, 2.05) is 26.0 Å². The van der Waals surface area contributed by atoms with Crippen molar-refractivity contribution < 1.29 is 13.9 Å². The summed E-state index contributed by atoms with van der Waals surface area (Å²) >= 11 is 0. The van der Waals surface area contributed by atoms with Gasteiger partial charge in [-0.3, -0.25) is 0 Å². The quantitative estimate of drug-likeness (QED) is 0.889. The lowest BCUT2D eigenvalue weighted by Crippen LogP contribution is -2.36. The smallest absolute Gasteiger partial charge is 0.161 e. The van der Waals surface area contributed by atoms with Crippen molar-refractivity contribution in [2.75, 3.05) is 26.3 Å². The number of hydrogen-bond donors (Lipinski definition) is 1. The van der Waals surface area contributed by atoms with E-state index >= 15 is 0 Å². The summed E-state index contributed by atoms with van der Waals surface area (Å²) in [5.41, 5.74) is -0.553. The summed E-state index contributed by atoms with van der Waals surface area (Å²) in [6.07, 6.45) is 1.01. The molecule has 1 aromatic rings. The summed E-state index contributed by atoms with van der Waals surface area (Å²) < 4.78 is 26.0. The van der Waals surface area contributed by atoms with E-state index in [9.17, 15) is 4.39 Å². The molecule has 0 radical (unpaired) electrons. The van der Waals surface area contributed by atoms with E-state index in [4.69, 9.17) is 9.47 Å². The average Bonchev–Trinajstić information content (AvgIpc) is 2.42. The molecule has 0 amide bonds. The Morgan fingerprint density at radius 2 is 1.74 bits per heavy atom. The zero-order valence-electron chi connectivity index (χ0n) is 11.7. The van der Waals surface area contributed by atoms with Crippen LogP contribution in [0.4, 0.5) is 4.39 Å². The molecule has 0 unspecified atom stereocenters. The second kappa shape index (κ2) is 6.24. The first-order valence-electron chi connectivity index (χ1n) is 6.99. The van der Waals surface area contributed by atoms with Gasteiger partial charge in [0.05, 0.1) is 13.2 Å². The molecule has 1 aliphatic rings. The standard InChI is InChI=1S/C15H22FNO2/c1-3-18-13-6-5-12(11-14(13)19-4-2)15(16)7-9-17-10-8-15/h5-6,11,17H,3-4,7-10H2,1-2H3. The van der Waals surface area contributed by atoms with E-state index in [0.717, 1.165) is 0 Å². The predicted octanol–water partition coefficient (Wildman–Crippen LogP) is 3.03. The van der Waals surface area contributed by atoms with Gasteiger partial charge in [-0.15, -0.1) is 0 Å². The van der Waals surface area contributed by atoms with Crippen LogP contribution in [-0.4, -0.2) is 26.3 Å². The van der Waals surface area contributed by atoms with Crippen molar-refractivity contribution in [3.63, 3.8) is 0 Å². The molecule has 4 heteroatoms. The molecular weight excluding hydrogens is 245 g/mol. The minimum Gasteiger partial charge on any atom is -0.490 e. The number of hydrogen-bond acceptors (Lipinski definition) is 3. The third kappa shape index (κ3) is 3.18. The molecule has 0 aliphatic carbocycles. The van der Waals surface area contributed by atoms with E-state index in [1.54, 1.807) is 6.07 Å². The Kier molecular flexibility index (Phi) is 4.64. The van der Waals surface area contributed by atoms with Crippen LogP contribution >= 0.6 is 0 Å². The van der Waals surface area contributed by atoms with E-state index in [1.165, 1.54) is 0 Å². The highest BCUT2D eigenvalue weighted by molar-refractivity contribution is 5.45. The van der Waals surface area contributed by atoms with Gasteiger partial charge in [-0.2, -0.15) is 0 Å². The minimum atomic E-state index is -1.25. The van der Waals surface area contributed by atoms with Crippen molar-refractivity contribution in [1.29, 1.82) is 0 Å².